The number of hydrogen-bond acceptors (Lipinski definition) is 4. The van der Waals surface area contributed by atoms with Crippen LogP contribution < -0.4 is 0 Å². The Morgan fingerprint density at radius 3 is 2.73 bits per heavy atom. The standard InChI is InChI=1S/C6H11BO4/c1-2-11-6(8)4-3-5(4)7(9)10/h4-5,9-10H,2-3H2,1H3/t4-,5-/m0/s1. The Morgan fingerprint density at radius 1 is 1.73 bits per heavy atom. The molecule has 4 nitrogen and oxygen atoms in total. The van der Waals surface area contributed by atoms with Crippen LogP contribution in [0.2, 0.25) is 5.82 Å². The van der Waals surface area contributed by atoms with Crippen LogP contribution in [0.3, 0.4) is 0 Å². The van der Waals surface area contributed by atoms with Gasteiger partial charge in [0, 0.05) is 5.82 Å². The van der Waals surface area contributed by atoms with Crippen molar-refractivity contribution in [1.29, 1.82) is 0 Å². The molecule has 0 heterocycles. The van der Waals surface area contributed by atoms with Gasteiger partial charge in [-0.15, -0.1) is 0 Å². The summed E-state index contributed by atoms with van der Waals surface area (Å²) in [6, 6.07) is 0. The van der Waals surface area contributed by atoms with E-state index in [4.69, 9.17) is 10.0 Å². The molecule has 1 aliphatic rings. The molecule has 1 saturated carbocycles. The molecule has 0 aromatic heterocycles. The molecule has 11 heavy (non-hydrogen) atoms. The summed E-state index contributed by atoms with van der Waals surface area (Å²) >= 11 is 0. The van der Waals surface area contributed by atoms with Crippen LogP contribution in [0, 0.1) is 5.92 Å². The molecule has 0 aromatic rings. The zero-order chi connectivity index (χ0) is 8.43. The maximum atomic E-state index is 10.9. The number of carbonyl (C=O) groups excluding carboxylic acids is 1. The van der Waals surface area contributed by atoms with Crippen LogP contribution in [0.1, 0.15) is 13.3 Å². The molecule has 1 rings (SSSR count). The Morgan fingerprint density at radius 2 is 2.36 bits per heavy atom. The molecule has 0 aliphatic heterocycles. The minimum Gasteiger partial charge on any atom is -0.466 e. The van der Waals surface area contributed by atoms with Gasteiger partial charge >= 0.3 is 13.1 Å². The average molecular weight is 158 g/mol. The average Bonchev–Trinajstić information content (AvgIpc) is 2.65. The minimum absolute atomic E-state index is 0.282. The van der Waals surface area contributed by atoms with E-state index < -0.39 is 7.12 Å². The number of carbonyl (C=O) groups is 1. The van der Waals surface area contributed by atoms with Crippen LogP contribution in [0.25, 0.3) is 0 Å². The lowest BCUT2D eigenvalue weighted by molar-refractivity contribution is -0.144. The highest BCUT2D eigenvalue weighted by Gasteiger charge is 2.50. The zero-order valence-corrected chi connectivity index (χ0v) is 6.36. The molecule has 1 fully saturated rings. The zero-order valence-electron chi connectivity index (χ0n) is 6.36. The second kappa shape index (κ2) is 3.23. The van der Waals surface area contributed by atoms with Gasteiger partial charge < -0.3 is 14.8 Å². The van der Waals surface area contributed by atoms with Crippen molar-refractivity contribution < 1.29 is 19.6 Å². The minimum atomic E-state index is -1.37. The van der Waals surface area contributed by atoms with Crippen LogP contribution in [0.15, 0.2) is 0 Å². The molecule has 1 aliphatic carbocycles. The predicted molar refractivity (Wildman–Crippen MR) is 38.7 cm³/mol. The Hall–Kier alpha value is -0.545. The van der Waals surface area contributed by atoms with Crippen LogP contribution in [-0.2, 0) is 9.53 Å². The predicted octanol–water partition coefficient (Wildman–Crippen LogP) is -0.588. The third-order valence-electron chi connectivity index (χ3n) is 1.81. The van der Waals surface area contributed by atoms with E-state index in [-0.39, 0.29) is 17.7 Å². The molecule has 0 spiro atoms. The van der Waals surface area contributed by atoms with E-state index in [1.54, 1.807) is 6.92 Å². The van der Waals surface area contributed by atoms with Gasteiger partial charge in [0.25, 0.3) is 0 Å². The van der Waals surface area contributed by atoms with Gasteiger partial charge in [-0.1, -0.05) is 0 Å². The van der Waals surface area contributed by atoms with Gasteiger partial charge in [0.15, 0.2) is 0 Å². The van der Waals surface area contributed by atoms with E-state index in [2.05, 4.69) is 4.74 Å². The van der Waals surface area contributed by atoms with Crippen molar-refractivity contribution >= 4 is 13.1 Å². The van der Waals surface area contributed by atoms with E-state index in [0.29, 0.717) is 13.0 Å². The smallest absolute Gasteiger partial charge is 0.455 e. The fourth-order valence-corrected chi connectivity index (χ4v) is 1.06. The molecule has 2 atom stereocenters. The van der Waals surface area contributed by atoms with Crippen LogP contribution in [-0.4, -0.2) is 29.7 Å². The van der Waals surface area contributed by atoms with Gasteiger partial charge in [0.1, 0.15) is 0 Å². The van der Waals surface area contributed by atoms with Crippen molar-refractivity contribution in [2.24, 2.45) is 5.92 Å². The molecule has 2 N–H and O–H groups in total. The molecule has 0 aromatic carbocycles. The van der Waals surface area contributed by atoms with Gasteiger partial charge in [0.2, 0.25) is 0 Å². The number of ether oxygens (including phenoxy) is 1. The summed E-state index contributed by atoms with van der Waals surface area (Å²) in [5.74, 6) is -0.894. The Bertz CT molecular complexity index is 159. The fraction of sp³-hybridized carbons (Fsp3) is 0.833. The van der Waals surface area contributed by atoms with E-state index in [0.717, 1.165) is 0 Å². The SMILES string of the molecule is CCOC(=O)[C@H]1C[C@@H]1B(O)O. The van der Waals surface area contributed by atoms with E-state index >= 15 is 0 Å². The molecule has 5 heteroatoms. The molecule has 0 radical (unpaired) electrons. The van der Waals surface area contributed by atoms with Gasteiger partial charge in [-0.25, -0.2) is 0 Å². The van der Waals surface area contributed by atoms with Crippen molar-refractivity contribution in [2.75, 3.05) is 6.61 Å². The van der Waals surface area contributed by atoms with Gasteiger partial charge in [-0.3, -0.25) is 4.79 Å². The van der Waals surface area contributed by atoms with Crippen molar-refractivity contribution in [3.8, 4) is 0 Å². The Balaban J connectivity index is 2.26. The highest BCUT2D eigenvalue weighted by Crippen LogP contribution is 2.46. The largest absolute Gasteiger partial charge is 0.466 e. The molecule has 0 bridgehead atoms. The first-order chi connectivity index (χ1) is 5.16. The summed E-state index contributed by atoms with van der Waals surface area (Å²) in [6.07, 6.45) is 0.538. The lowest BCUT2D eigenvalue weighted by Gasteiger charge is -1.99. The topological polar surface area (TPSA) is 66.8 Å². The second-order valence-electron chi connectivity index (χ2n) is 2.67. The summed E-state index contributed by atoms with van der Waals surface area (Å²) in [6.45, 7) is 2.08. The first-order valence-corrected chi connectivity index (χ1v) is 3.69. The normalized spacial score (nSPS) is 27.9. The lowest BCUT2D eigenvalue weighted by Crippen LogP contribution is -2.15. The summed E-state index contributed by atoms with van der Waals surface area (Å²) in [5.41, 5.74) is 0. The third-order valence-corrected chi connectivity index (χ3v) is 1.81. The van der Waals surface area contributed by atoms with E-state index in [1.165, 1.54) is 0 Å². The number of esters is 1. The summed E-state index contributed by atoms with van der Waals surface area (Å²) in [4.78, 5) is 10.9. The quantitative estimate of drug-likeness (QED) is 0.425. The van der Waals surface area contributed by atoms with Crippen LogP contribution in [0.4, 0.5) is 0 Å². The van der Waals surface area contributed by atoms with E-state index in [9.17, 15) is 4.79 Å². The summed E-state index contributed by atoms with van der Waals surface area (Å²) < 4.78 is 4.69. The maximum absolute atomic E-state index is 10.9. The summed E-state index contributed by atoms with van der Waals surface area (Å²) in [5, 5.41) is 17.3. The Labute approximate surface area is 65.3 Å². The third kappa shape index (κ3) is 1.94. The highest BCUT2D eigenvalue weighted by atomic mass is 16.5. The molecular weight excluding hydrogens is 147 g/mol. The molecular formula is C6H11BO4. The van der Waals surface area contributed by atoms with Crippen molar-refractivity contribution in [1.82, 2.24) is 0 Å². The lowest BCUT2D eigenvalue weighted by atomic mass is 9.82. The number of hydrogen-bond donors (Lipinski definition) is 2. The van der Waals surface area contributed by atoms with Crippen LogP contribution >= 0.6 is 0 Å². The number of rotatable bonds is 3. The fourth-order valence-electron chi connectivity index (χ4n) is 1.06. The second-order valence-corrected chi connectivity index (χ2v) is 2.67. The van der Waals surface area contributed by atoms with Gasteiger partial charge in [-0.05, 0) is 13.3 Å². The monoisotopic (exact) mass is 158 g/mol. The molecule has 0 amide bonds. The van der Waals surface area contributed by atoms with Gasteiger partial charge in [-0.2, -0.15) is 0 Å². The first kappa shape index (κ1) is 8.55. The van der Waals surface area contributed by atoms with Gasteiger partial charge in [0.05, 0.1) is 12.5 Å². The van der Waals surface area contributed by atoms with E-state index in [1.807, 2.05) is 0 Å². The summed E-state index contributed by atoms with van der Waals surface area (Å²) in [7, 11) is -1.37. The first-order valence-electron chi connectivity index (χ1n) is 3.69. The maximum Gasteiger partial charge on any atom is 0.455 e. The highest BCUT2D eigenvalue weighted by molar-refractivity contribution is 6.45. The molecule has 62 valence electrons. The molecule has 0 saturated heterocycles. The van der Waals surface area contributed by atoms with Crippen molar-refractivity contribution in [3.05, 3.63) is 0 Å². The van der Waals surface area contributed by atoms with Crippen molar-refractivity contribution in [3.63, 3.8) is 0 Å². The molecule has 0 unspecified atom stereocenters. The van der Waals surface area contributed by atoms with Crippen molar-refractivity contribution in [2.45, 2.75) is 19.2 Å². The van der Waals surface area contributed by atoms with Crippen LogP contribution in [0.5, 0.6) is 0 Å². The Kier molecular flexibility index (Phi) is 2.51.